The standard InChI is InChI=1S/C21H9Br7N2O7/c22-7-5-6-8(12(24)11(7)23)18(32)29(17(6)31)1-3-36-21(35)37-4-2-30-19(33)9-10(20(30)34)14(26)16(28)15(27)13(9)25/h5H,1-4H2. The van der Waals surface area contributed by atoms with Crippen LogP contribution >= 0.6 is 112 Å². The van der Waals surface area contributed by atoms with E-state index in [4.69, 9.17) is 9.47 Å². The van der Waals surface area contributed by atoms with Crippen molar-refractivity contribution in [2.24, 2.45) is 0 Å². The summed E-state index contributed by atoms with van der Waals surface area (Å²) in [5.41, 5.74) is 0.788. The van der Waals surface area contributed by atoms with E-state index < -0.39 is 29.8 Å². The lowest BCUT2D eigenvalue weighted by molar-refractivity contribution is 0.0357. The van der Waals surface area contributed by atoms with E-state index >= 15 is 0 Å². The second-order valence-corrected chi connectivity index (χ2v) is 13.0. The molecular weight excluding hydrogens is 952 g/mol. The zero-order valence-corrected chi connectivity index (χ0v) is 28.9. The maximum absolute atomic E-state index is 12.8. The van der Waals surface area contributed by atoms with Gasteiger partial charge in [0.15, 0.2) is 0 Å². The molecule has 0 spiro atoms. The summed E-state index contributed by atoms with van der Waals surface area (Å²) in [6, 6.07) is 1.53. The molecule has 0 aliphatic carbocycles. The molecule has 2 aromatic carbocycles. The Hall–Kier alpha value is -0.650. The third-order valence-corrected chi connectivity index (χ3v) is 13.4. The fourth-order valence-corrected chi connectivity index (χ4v) is 7.69. The molecule has 16 heteroatoms. The van der Waals surface area contributed by atoms with Crippen LogP contribution in [0.4, 0.5) is 4.79 Å². The average molecular weight is 961 g/mol. The minimum atomic E-state index is -1.08. The number of imide groups is 2. The second kappa shape index (κ2) is 11.5. The third kappa shape index (κ3) is 5.15. The van der Waals surface area contributed by atoms with Crippen LogP contribution in [-0.2, 0) is 9.47 Å². The number of rotatable bonds is 6. The van der Waals surface area contributed by atoms with Crippen molar-refractivity contribution in [1.82, 2.24) is 9.80 Å². The van der Waals surface area contributed by atoms with E-state index in [9.17, 15) is 24.0 Å². The Bertz CT molecular complexity index is 1380. The fourth-order valence-electron chi connectivity index (χ4n) is 3.63. The van der Waals surface area contributed by atoms with Crippen molar-refractivity contribution in [3.05, 3.63) is 59.6 Å². The number of halogens is 7. The van der Waals surface area contributed by atoms with Crippen molar-refractivity contribution < 1.29 is 33.4 Å². The summed E-state index contributed by atoms with van der Waals surface area (Å²) >= 11 is 23.3. The molecule has 0 atom stereocenters. The first-order valence-corrected chi connectivity index (χ1v) is 15.5. The Morgan fingerprint density at radius 3 is 1.49 bits per heavy atom. The Kier molecular flexibility index (Phi) is 9.08. The highest BCUT2D eigenvalue weighted by Gasteiger charge is 2.41. The molecule has 0 N–H and O–H groups in total. The summed E-state index contributed by atoms with van der Waals surface area (Å²) in [4.78, 5) is 65.0. The highest BCUT2D eigenvalue weighted by molar-refractivity contribution is 9.15. The van der Waals surface area contributed by atoms with Crippen LogP contribution in [0.5, 0.6) is 0 Å². The van der Waals surface area contributed by atoms with Crippen LogP contribution in [0.1, 0.15) is 41.4 Å². The van der Waals surface area contributed by atoms with E-state index in [0.29, 0.717) is 31.3 Å². The third-order valence-electron chi connectivity index (χ3n) is 5.35. The largest absolute Gasteiger partial charge is 0.508 e. The zero-order chi connectivity index (χ0) is 27.3. The van der Waals surface area contributed by atoms with Gasteiger partial charge in [0, 0.05) is 31.3 Å². The van der Waals surface area contributed by atoms with E-state index in [1.54, 1.807) is 0 Å². The van der Waals surface area contributed by atoms with Gasteiger partial charge in [-0.15, -0.1) is 0 Å². The molecular formula is C21H9Br7N2O7. The van der Waals surface area contributed by atoms with Crippen molar-refractivity contribution in [1.29, 1.82) is 0 Å². The number of ether oxygens (including phenoxy) is 2. The van der Waals surface area contributed by atoms with Gasteiger partial charge in [0.25, 0.3) is 23.6 Å². The van der Waals surface area contributed by atoms with Gasteiger partial charge in [-0.1, -0.05) is 0 Å². The molecule has 4 rings (SSSR count). The quantitative estimate of drug-likeness (QED) is 0.132. The topological polar surface area (TPSA) is 110 Å². The number of benzene rings is 2. The maximum Gasteiger partial charge on any atom is 0.508 e. The van der Waals surface area contributed by atoms with Crippen molar-refractivity contribution in [2.75, 3.05) is 26.3 Å². The van der Waals surface area contributed by atoms with Crippen molar-refractivity contribution >= 4 is 141 Å². The molecule has 37 heavy (non-hydrogen) atoms. The van der Waals surface area contributed by atoms with E-state index in [2.05, 4.69) is 112 Å². The van der Waals surface area contributed by atoms with Crippen LogP contribution in [0.3, 0.4) is 0 Å². The first-order valence-electron chi connectivity index (χ1n) is 9.93. The summed E-state index contributed by atoms with van der Waals surface area (Å²) in [6.45, 7) is -1.01. The van der Waals surface area contributed by atoms with Gasteiger partial charge in [0.2, 0.25) is 0 Å². The lowest BCUT2D eigenvalue weighted by Gasteiger charge is -2.15. The van der Waals surface area contributed by atoms with Gasteiger partial charge in [0.05, 0.1) is 35.3 Å². The molecule has 194 valence electrons. The predicted octanol–water partition coefficient (Wildman–Crippen LogP) is 7.07. The predicted molar refractivity (Wildman–Crippen MR) is 155 cm³/mol. The number of amides is 4. The van der Waals surface area contributed by atoms with Crippen LogP contribution in [-0.4, -0.2) is 65.9 Å². The smallest absolute Gasteiger partial charge is 0.432 e. The number of carbonyl (C=O) groups excluding carboxylic acids is 5. The maximum atomic E-state index is 12.8. The minimum Gasteiger partial charge on any atom is -0.432 e. The molecule has 2 aliphatic rings. The number of hydrogen-bond donors (Lipinski definition) is 0. The highest BCUT2D eigenvalue weighted by Crippen LogP contribution is 2.45. The molecule has 2 heterocycles. The van der Waals surface area contributed by atoms with Crippen LogP contribution < -0.4 is 0 Å². The van der Waals surface area contributed by atoms with Gasteiger partial charge in [-0.2, -0.15) is 0 Å². The van der Waals surface area contributed by atoms with Crippen molar-refractivity contribution in [2.45, 2.75) is 0 Å². The monoisotopic (exact) mass is 953 g/mol. The lowest BCUT2D eigenvalue weighted by atomic mass is 10.1. The lowest BCUT2D eigenvalue weighted by Crippen LogP contribution is -2.35. The summed E-state index contributed by atoms with van der Waals surface area (Å²) < 4.78 is 13.5. The highest BCUT2D eigenvalue weighted by atomic mass is 79.9. The molecule has 0 unspecified atom stereocenters. The molecule has 4 amide bonds. The van der Waals surface area contributed by atoms with Crippen LogP contribution in [0.15, 0.2) is 37.4 Å². The van der Waals surface area contributed by atoms with Gasteiger partial charge in [-0.3, -0.25) is 29.0 Å². The second-order valence-electron chi connectivity index (χ2n) is 7.39. The molecule has 9 nitrogen and oxygen atoms in total. The summed E-state index contributed by atoms with van der Waals surface area (Å²) in [6.07, 6.45) is -1.08. The van der Waals surface area contributed by atoms with Gasteiger partial charge < -0.3 is 9.47 Å². The van der Waals surface area contributed by atoms with Crippen molar-refractivity contribution in [3.8, 4) is 0 Å². The van der Waals surface area contributed by atoms with E-state index in [-0.39, 0.29) is 48.6 Å². The number of hydrogen-bond acceptors (Lipinski definition) is 7. The van der Waals surface area contributed by atoms with Crippen LogP contribution in [0, 0.1) is 0 Å². The SMILES string of the molecule is O=C(OCCN1C(=O)c2cc(Br)c(Br)c(Br)c2C1=O)OCCN1C(=O)c2c(Br)c(Br)c(Br)c(Br)c2C1=O. The van der Waals surface area contributed by atoms with Gasteiger partial charge in [-0.05, 0) is 118 Å². The molecule has 0 aromatic heterocycles. The summed E-state index contributed by atoms with van der Waals surface area (Å²) in [7, 11) is 0. The summed E-state index contributed by atoms with van der Waals surface area (Å²) in [5, 5.41) is 0. The number of fused-ring (bicyclic) bond motifs is 2. The Balaban J connectivity index is 1.30. The zero-order valence-electron chi connectivity index (χ0n) is 17.8. The van der Waals surface area contributed by atoms with E-state index in [1.807, 2.05) is 0 Å². The number of carbonyl (C=O) groups is 5. The molecule has 2 aliphatic heterocycles. The Morgan fingerprint density at radius 1 is 0.595 bits per heavy atom. The van der Waals surface area contributed by atoms with Crippen molar-refractivity contribution in [3.63, 3.8) is 0 Å². The normalized spacial score (nSPS) is 14.5. The molecule has 0 saturated carbocycles. The Morgan fingerprint density at radius 2 is 1.00 bits per heavy atom. The number of nitrogens with zero attached hydrogens (tertiary/aromatic N) is 2. The minimum absolute atomic E-state index is 0.182. The average Bonchev–Trinajstić information content (AvgIpc) is 3.24. The van der Waals surface area contributed by atoms with E-state index in [0.717, 1.165) is 9.80 Å². The fraction of sp³-hybridized carbons (Fsp3) is 0.190. The molecule has 0 bridgehead atoms. The molecule has 0 radical (unpaired) electrons. The van der Waals surface area contributed by atoms with Gasteiger partial charge in [-0.25, -0.2) is 4.79 Å². The van der Waals surface area contributed by atoms with Crippen LogP contribution in [0.2, 0.25) is 0 Å². The molecule has 0 fully saturated rings. The van der Waals surface area contributed by atoms with Gasteiger partial charge >= 0.3 is 6.16 Å². The molecule has 0 saturated heterocycles. The first kappa shape index (κ1) is 29.3. The summed E-state index contributed by atoms with van der Waals surface area (Å²) in [5.74, 6) is -2.15. The van der Waals surface area contributed by atoms with Crippen LogP contribution in [0.25, 0.3) is 0 Å². The molecule has 2 aromatic rings. The first-order chi connectivity index (χ1) is 17.4. The Labute approximate surface area is 267 Å². The van der Waals surface area contributed by atoms with Gasteiger partial charge in [0.1, 0.15) is 13.2 Å². The van der Waals surface area contributed by atoms with E-state index in [1.165, 1.54) is 6.07 Å².